The monoisotopic (exact) mass is 321 g/mol. The van der Waals surface area contributed by atoms with Crippen LogP contribution in [0.3, 0.4) is 0 Å². The van der Waals surface area contributed by atoms with E-state index in [0.29, 0.717) is 32.1 Å². The summed E-state index contributed by atoms with van der Waals surface area (Å²) in [6.45, 7) is 3.77. The molecule has 0 aliphatic carbocycles. The smallest absolute Gasteiger partial charge is 0.306 e. The Bertz CT molecular complexity index is 489. The lowest BCUT2D eigenvalue weighted by Gasteiger charge is -2.14. The lowest BCUT2D eigenvalue weighted by molar-refractivity contribution is -0.757. The van der Waals surface area contributed by atoms with Crippen LogP contribution in [-0.4, -0.2) is 23.8 Å². The molecule has 6 nitrogen and oxygen atoms in total. The van der Waals surface area contributed by atoms with Crippen molar-refractivity contribution in [2.24, 2.45) is 0 Å². The van der Waals surface area contributed by atoms with Crippen LogP contribution in [0.4, 0.5) is 0 Å². The van der Waals surface area contributed by atoms with Gasteiger partial charge in [-0.2, -0.15) is 0 Å². The van der Waals surface area contributed by atoms with Crippen molar-refractivity contribution >= 4 is 5.97 Å². The molecule has 0 aliphatic rings. The summed E-state index contributed by atoms with van der Waals surface area (Å²) in [5.74, 6) is -0.266. The van der Waals surface area contributed by atoms with E-state index >= 15 is 0 Å². The normalized spacial score (nSPS) is 11.5. The van der Waals surface area contributed by atoms with E-state index in [-0.39, 0.29) is 18.7 Å². The van der Waals surface area contributed by atoms with Gasteiger partial charge in [0.05, 0.1) is 6.61 Å². The van der Waals surface area contributed by atoms with Crippen LogP contribution in [0.1, 0.15) is 37.7 Å². The fourth-order valence-electron chi connectivity index (χ4n) is 2.09. The van der Waals surface area contributed by atoms with Crippen molar-refractivity contribution < 1.29 is 19.5 Å². The summed E-state index contributed by atoms with van der Waals surface area (Å²) in [5.41, 5.74) is 1.20. The molecule has 1 aromatic carbocycles. The Morgan fingerprint density at radius 1 is 1.26 bits per heavy atom. The molecule has 1 unspecified atom stereocenters. The lowest BCUT2D eigenvalue weighted by Crippen LogP contribution is -2.16. The molecule has 0 spiro atoms. The Morgan fingerprint density at radius 3 is 2.65 bits per heavy atom. The third-order valence-electron chi connectivity index (χ3n) is 3.33. The van der Waals surface area contributed by atoms with Crippen molar-refractivity contribution in [2.45, 2.75) is 44.6 Å². The highest BCUT2D eigenvalue weighted by molar-refractivity contribution is 5.69. The molecule has 0 radical (unpaired) electrons. The van der Waals surface area contributed by atoms with Crippen LogP contribution >= 0.6 is 0 Å². The van der Waals surface area contributed by atoms with Gasteiger partial charge in [0.25, 0.3) is 5.09 Å². The number of nitrogens with zero attached hydrogens (tertiary/aromatic N) is 1. The van der Waals surface area contributed by atoms with E-state index in [1.54, 1.807) is 6.08 Å². The van der Waals surface area contributed by atoms with Gasteiger partial charge in [-0.05, 0) is 31.2 Å². The Kier molecular flexibility index (Phi) is 9.12. The van der Waals surface area contributed by atoms with Crippen molar-refractivity contribution in [3.8, 4) is 0 Å². The molecule has 0 N–H and O–H groups in total. The van der Waals surface area contributed by atoms with Gasteiger partial charge in [0.2, 0.25) is 0 Å². The molecule has 0 aromatic heterocycles. The molecule has 0 saturated carbocycles. The molecule has 0 bridgehead atoms. The predicted octanol–water partition coefficient (Wildman–Crippen LogP) is 3.49. The average molecular weight is 321 g/mol. The zero-order valence-corrected chi connectivity index (χ0v) is 13.2. The summed E-state index contributed by atoms with van der Waals surface area (Å²) in [6, 6.07) is 9.99. The van der Waals surface area contributed by atoms with E-state index in [2.05, 4.69) is 11.4 Å². The van der Waals surface area contributed by atoms with Crippen LogP contribution in [-0.2, 0) is 20.8 Å². The first kappa shape index (κ1) is 18.7. The number of rotatable bonds is 12. The van der Waals surface area contributed by atoms with Crippen LogP contribution in [0.15, 0.2) is 43.0 Å². The standard InChI is InChI=1S/C17H23NO5/c1-2-16(13-12-15-9-5-3-6-10-15)23-17(19)11-7-4-8-14-22-18(20)21/h2-3,5-6,9-10,16H,1,4,7-8,11-14H2. The van der Waals surface area contributed by atoms with Crippen molar-refractivity contribution in [2.75, 3.05) is 6.61 Å². The van der Waals surface area contributed by atoms with Crippen LogP contribution in [0, 0.1) is 10.1 Å². The second-order valence-electron chi connectivity index (χ2n) is 5.16. The number of carbonyl (C=O) groups is 1. The molecule has 0 saturated heterocycles. The van der Waals surface area contributed by atoms with Gasteiger partial charge in [0, 0.05) is 6.42 Å². The minimum atomic E-state index is -0.810. The van der Waals surface area contributed by atoms with Crippen molar-refractivity contribution in [3.63, 3.8) is 0 Å². The van der Waals surface area contributed by atoms with Crippen molar-refractivity contribution in [3.05, 3.63) is 58.7 Å². The highest BCUT2D eigenvalue weighted by atomic mass is 16.9. The van der Waals surface area contributed by atoms with Crippen LogP contribution in [0.2, 0.25) is 0 Å². The Labute approximate surface area is 136 Å². The van der Waals surface area contributed by atoms with Gasteiger partial charge in [-0.3, -0.25) is 4.79 Å². The van der Waals surface area contributed by atoms with Gasteiger partial charge in [0.1, 0.15) is 6.10 Å². The fourth-order valence-corrected chi connectivity index (χ4v) is 2.09. The number of ether oxygens (including phenoxy) is 1. The average Bonchev–Trinajstić information content (AvgIpc) is 2.55. The molecule has 1 atom stereocenters. The Hall–Kier alpha value is -2.37. The molecule has 0 aliphatic heterocycles. The van der Waals surface area contributed by atoms with E-state index in [1.807, 2.05) is 30.3 Å². The third kappa shape index (κ3) is 9.29. The summed E-state index contributed by atoms with van der Waals surface area (Å²) >= 11 is 0. The quantitative estimate of drug-likeness (QED) is 0.194. The number of carbonyl (C=O) groups excluding carboxylic acids is 1. The first-order valence-corrected chi connectivity index (χ1v) is 7.75. The number of esters is 1. The zero-order chi connectivity index (χ0) is 16.9. The largest absolute Gasteiger partial charge is 0.458 e. The van der Waals surface area contributed by atoms with Crippen LogP contribution in [0.25, 0.3) is 0 Å². The van der Waals surface area contributed by atoms with E-state index in [9.17, 15) is 14.9 Å². The minimum Gasteiger partial charge on any atom is -0.458 e. The maximum Gasteiger partial charge on any atom is 0.306 e. The molecule has 126 valence electrons. The SMILES string of the molecule is C=CC(CCc1ccccc1)OC(=O)CCCCCO[N+](=O)[O-]. The van der Waals surface area contributed by atoms with Gasteiger partial charge >= 0.3 is 5.97 Å². The molecule has 0 fully saturated rings. The summed E-state index contributed by atoms with van der Waals surface area (Å²) in [4.78, 5) is 25.9. The van der Waals surface area contributed by atoms with E-state index in [4.69, 9.17) is 4.74 Å². The number of hydrogen-bond acceptors (Lipinski definition) is 5. The van der Waals surface area contributed by atoms with Gasteiger partial charge < -0.3 is 9.57 Å². The first-order chi connectivity index (χ1) is 11.1. The summed E-state index contributed by atoms with van der Waals surface area (Å²) in [6.07, 6.45) is 5.04. The minimum absolute atomic E-state index is 0.0639. The highest BCUT2D eigenvalue weighted by Gasteiger charge is 2.11. The van der Waals surface area contributed by atoms with Gasteiger partial charge in [-0.15, -0.1) is 10.1 Å². The molecular weight excluding hydrogens is 298 g/mol. The lowest BCUT2D eigenvalue weighted by atomic mass is 10.1. The summed E-state index contributed by atoms with van der Waals surface area (Å²) in [5, 5.41) is 9.15. The summed E-state index contributed by atoms with van der Waals surface area (Å²) in [7, 11) is 0. The number of hydrogen-bond donors (Lipinski definition) is 0. The summed E-state index contributed by atoms with van der Waals surface area (Å²) < 4.78 is 5.37. The van der Waals surface area contributed by atoms with Gasteiger partial charge in [-0.25, -0.2) is 0 Å². The molecule has 0 amide bonds. The topological polar surface area (TPSA) is 78.7 Å². The third-order valence-corrected chi connectivity index (χ3v) is 3.33. The molecular formula is C17H23NO5. The second-order valence-corrected chi connectivity index (χ2v) is 5.16. The van der Waals surface area contributed by atoms with Crippen LogP contribution in [0.5, 0.6) is 0 Å². The number of aryl methyl sites for hydroxylation is 1. The van der Waals surface area contributed by atoms with Gasteiger partial charge in [0.15, 0.2) is 0 Å². The maximum absolute atomic E-state index is 11.8. The number of unbranched alkanes of at least 4 members (excludes halogenated alkanes) is 2. The Balaban J connectivity index is 2.15. The predicted molar refractivity (Wildman–Crippen MR) is 86.3 cm³/mol. The molecule has 23 heavy (non-hydrogen) atoms. The van der Waals surface area contributed by atoms with Crippen LogP contribution < -0.4 is 0 Å². The molecule has 6 heteroatoms. The second kappa shape index (κ2) is 11.2. The molecule has 0 heterocycles. The molecule has 1 rings (SSSR count). The van der Waals surface area contributed by atoms with E-state index < -0.39 is 5.09 Å². The maximum atomic E-state index is 11.8. The van der Waals surface area contributed by atoms with Gasteiger partial charge in [-0.1, -0.05) is 49.4 Å². The van der Waals surface area contributed by atoms with Crippen molar-refractivity contribution in [1.29, 1.82) is 0 Å². The number of benzene rings is 1. The fraction of sp³-hybridized carbons (Fsp3) is 0.471. The van der Waals surface area contributed by atoms with E-state index in [1.165, 1.54) is 5.56 Å². The zero-order valence-electron chi connectivity index (χ0n) is 13.2. The van der Waals surface area contributed by atoms with Crippen molar-refractivity contribution in [1.82, 2.24) is 0 Å². The molecule has 1 aromatic rings. The highest BCUT2D eigenvalue weighted by Crippen LogP contribution is 2.10. The Morgan fingerprint density at radius 2 is 2.00 bits per heavy atom. The first-order valence-electron chi connectivity index (χ1n) is 7.75. The van der Waals surface area contributed by atoms with E-state index in [0.717, 1.165) is 6.42 Å².